The summed E-state index contributed by atoms with van der Waals surface area (Å²) in [5.41, 5.74) is 2.79. The molecule has 2 N–H and O–H groups in total. The average molecular weight is 354 g/mol. The number of amides is 1. The van der Waals surface area contributed by atoms with Gasteiger partial charge in [-0.2, -0.15) is 0 Å². The molecule has 1 aromatic heterocycles. The van der Waals surface area contributed by atoms with Gasteiger partial charge in [-0.3, -0.25) is 4.79 Å². The molecule has 0 fully saturated rings. The van der Waals surface area contributed by atoms with E-state index in [9.17, 15) is 14.3 Å². The second-order valence-electron chi connectivity index (χ2n) is 6.17. The summed E-state index contributed by atoms with van der Waals surface area (Å²) >= 11 is 0. The second-order valence-corrected chi connectivity index (χ2v) is 6.17. The zero-order chi connectivity index (χ0) is 18.7. The first-order chi connectivity index (χ1) is 12.4. The summed E-state index contributed by atoms with van der Waals surface area (Å²) in [6.07, 6.45) is 0.677. The van der Waals surface area contributed by atoms with Gasteiger partial charge in [0.05, 0.1) is 18.8 Å². The molecule has 1 heterocycles. The molecule has 7 heteroatoms. The number of aliphatic hydroxyl groups excluding tert-OH is 1. The Morgan fingerprint density at radius 1 is 1.23 bits per heavy atom. The van der Waals surface area contributed by atoms with Gasteiger partial charge in [0.15, 0.2) is 5.69 Å². The summed E-state index contributed by atoms with van der Waals surface area (Å²) in [4.78, 5) is 12.2. The molecule has 0 aliphatic rings. The van der Waals surface area contributed by atoms with Crippen molar-refractivity contribution in [3.8, 4) is 0 Å². The van der Waals surface area contributed by atoms with E-state index >= 15 is 0 Å². The van der Waals surface area contributed by atoms with Gasteiger partial charge in [-0.05, 0) is 37.1 Å². The lowest BCUT2D eigenvalue weighted by Crippen LogP contribution is -2.13. The van der Waals surface area contributed by atoms with Crippen LogP contribution in [0.5, 0.6) is 0 Å². The second kappa shape index (κ2) is 7.45. The number of aromatic nitrogens is 3. The Hall–Kier alpha value is -3.06. The number of nitrogens with zero attached hydrogens (tertiary/aromatic N) is 3. The topological polar surface area (TPSA) is 80.0 Å². The van der Waals surface area contributed by atoms with Crippen LogP contribution in [0.2, 0.25) is 0 Å². The van der Waals surface area contributed by atoms with E-state index in [-0.39, 0.29) is 12.2 Å². The number of rotatable bonds is 5. The van der Waals surface area contributed by atoms with Crippen molar-refractivity contribution in [1.82, 2.24) is 15.0 Å². The first-order valence-electron chi connectivity index (χ1n) is 8.14. The molecule has 0 bridgehead atoms. The number of benzene rings is 2. The lowest BCUT2D eigenvalue weighted by Gasteiger charge is -2.10. The van der Waals surface area contributed by atoms with Crippen LogP contribution in [0.15, 0.2) is 48.7 Å². The minimum absolute atomic E-state index is 0.0853. The minimum Gasteiger partial charge on any atom is -0.386 e. The third kappa shape index (κ3) is 4.12. The van der Waals surface area contributed by atoms with Crippen molar-refractivity contribution in [2.75, 3.05) is 5.32 Å². The van der Waals surface area contributed by atoms with Gasteiger partial charge in [0, 0.05) is 5.69 Å². The van der Waals surface area contributed by atoms with Crippen LogP contribution >= 0.6 is 0 Å². The van der Waals surface area contributed by atoms with Crippen molar-refractivity contribution in [2.24, 2.45) is 0 Å². The number of aliphatic hydroxyl groups is 1. The van der Waals surface area contributed by atoms with Crippen LogP contribution < -0.4 is 5.32 Å². The monoisotopic (exact) mass is 354 g/mol. The lowest BCUT2D eigenvalue weighted by molar-refractivity contribution is 0.102. The zero-order valence-electron chi connectivity index (χ0n) is 14.5. The molecule has 0 spiro atoms. The number of aryl methyl sites for hydroxylation is 2. The molecule has 26 heavy (non-hydrogen) atoms. The number of halogens is 1. The summed E-state index contributed by atoms with van der Waals surface area (Å²) in [7, 11) is 0. The van der Waals surface area contributed by atoms with Gasteiger partial charge < -0.3 is 10.4 Å². The maximum atomic E-state index is 13.6. The molecule has 0 unspecified atom stereocenters. The zero-order valence-corrected chi connectivity index (χ0v) is 14.5. The van der Waals surface area contributed by atoms with Crippen LogP contribution in [-0.2, 0) is 6.54 Å². The largest absolute Gasteiger partial charge is 0.386 e. The summed E-state index contributed by atoms with van der Waals surface area (Å²) in [5, 5.41) is 20.5. The first kappa shape index (κ1) is 17.8. The minimum atomic E-state index is -0.764. The molecule has 0 radical (unpaired) electrons. The van der Waals surface area contributed by atoms with Gasteiger partial charge in [0.25, 0.3) is 5.91 Å². The summed E-state index contributed by atoms with van der Waals surface area (Å²) in [6.45, 7) is 3.78. The Labute approximate surface area is 150 Å². The molecular weight excluding hydrogens is 335 g/mol. The molecule has 3 rings (SSSR count). The van der Waals surface area contributed by atoms with Gasteiger partial charge in [0.2, 0.25) is 0 Å². The highest BCUT2D eigenvalue weighted by Crippen LogP contribution is 2.16. The van der Waals surface area contributed by atoms with Crippen LogP contribution in [0.4, 0.5) is 10.1 Å². The maximum absolute atomic E-state index is 13.6. The SMILES string of the molecule is Cc1ccc([C@H](O)Cn2cc(C(=O)Nc3ccc(C)c(F)c3)nn2)cc1. The summed E-state index contributed by atoms with van der Waals surface area (Å²) in [5.74, 6) is -0.892. The molecule has 0 saturated carbocycles. The molecule has 0 aliphatic carbocycles. The maximum Gasteiger partial charge on any atom is 0.277 e. The van der Waals surface area contributed by atoms with Gasteiger partial charge in [-0.25, -0.2) is 9.07 Å². The molecule has 2 aromatic carbocycles. The average Bonchev–Trinajstić information content (AvgIpc) is 3.07. The Morgan fingerprint density at radius 3 is 2.65 bits per heavy atom. The van der Waals surface area contributed by atoms with E-state index < -0.39 is 17.8 Å². The number of carbonyl (C=O) groups excluding carboxylic acids is 1. The third-order valence-corrected chi connectivity index (χ3v) is 4.02. The predicted octanol–water partition coefficient (Wildman–Crippen LogP) is 3.02. The quantitative estimate of drug-likeness (QED) is 0.738. The highest BCUT2D eigenvalue weighted by atomic mass is 19.1. The fourth-order valence-electron chi connectivity index (χ4n) is 2.43. The van der Waals surface area contributed by atoms with E-state index in [1.54, 1.807) is 19.1 Å². The molecule has 0 aliphatic heterocycles. The van der Waals surface area contributed by atoms with Crippen LogP contribution in [-0.4, -0.2) is 26.0 Å². The van der Waals surface area contributed by atoms with E-state index in [0.717, 1.165) is 11.1 Å². The van der Waals surface area contributed by atoms with Crippen LogP contribution in [0.3, 0.4) is 0 Å². The standard InChI is InChI=1S/C19H19FN4O2/c1-12-3-6-14(7-4-12)18(25)11-24-10-17(22-23-24)19(26)21-15-8-5-13(2)16(20)9-15/h3-10,18,25H,11H2,1-2H3,(H,21,26)/t18-/m1/s1. The van der Waals surface area contributed by atoms with E-state index in [4.69, 9.17) is 0 Å². The molecule has 1 atom stereocenters. The smallest absolute Gasteiger partial charge is 0.277 e. The van der Waals surface area contributed by atoms with Crippen LogP contribution in [0.25, 0.3) is 0 Å². The Kier molecular flexibility index (Phi) is 5.09. The number of carbonyl (C=O) groups is 1. The molecule has 3 aromatic rings. The third-order valence-electron chi connectivity index (χ3n) is 4.02. The number of hydrogen-bond acceptors (Lipinski definition) is 4. The predicted molar refractivity (Wildman–Crippen MR) is 95.3 cm³/mol. The lowest BCUT2D eigenvalue weighted by atomic mass is 10.1. The van der Waals surface area contributed by atoms with Gasteiger partial charge >= 0.3 is 0 Å². The van der Waals surface area contributed by atoms with E-state index in [2.05, 4.69) is 15.6 Å². The van der Waals surface area contributed by atoms with E-state index in [1.807, 2.05) is 31.2 Å². The van der Waals surface area contributed by atoms with Crippen molar-refractivity contribution < 1.29 is 14.3 Å². The van der Waals surface area contributed by atoms with Gasteiger partial charge in [0.1, 0.15) is 5.82 Å². The van der Waals surface area contributed by atoms with Crippen molar-refractivity contribution in [1.29, 1.82) is 0 Å². The normalized spacial score (nSPS) is 12.0. The Bertz CT molecular complexity index is 922. The van der Waals surface area contributed by atoms with E-state index in [1.165, 1.54) is 16.9 Å². The van der Waals surface area contributed by atoms with Crippen molar-refractivity contribution in [3.63, 3.8) is 0 Å². The molecule has 1 amide bonds. The molecule has 0 saturated heterocycles. The Morgan fingerprint density at radius 2 is 1.96 bits per heavy atom. The highest BCUT2D eigenvalue weighted by Gasteiger charge is 2.14. The van der Waals surface area contributed by atoms with Crippen LogP contribution in [0, 0.1) is 19.7 Å². The first-order valence-corrected chi connectivity index (χ1v) is 8.14. The highest BCUT2D eigenvalue weighted by molar-refractivity contribution is 6.02. The Balaban J connectivity index is 1.65. The van der Waals surface area contributed by atoms with Crippen molar-refractivity contribution >= 4 is 11.6 Å². The molecular formula is C19H19FN4O2. The van der Waals surface area contributed by atoms with E-state index in [0.29, 0.717) is 11.3 Å². The summed E-state index contributed by atoms with van der Waals surface area (Å²) in [6, 6.07) is 12.0. The van der Waals surface area contributed by atoms with Gasteiger partial charge in [-0.1, -0.05) is 41.1 Å². The molecule has 6 nitrogen and oxygen atoms in total. The number of nitrogens with one attached hydrogen (secondary N) is 1. The fourth-order valence-corrected chi connectivity index (χ4v) is 2.43. The fraction of sp³-hybridized carbons (Fsp3) is 0.211. The van der Waals surface area contributed by atoms with Crippen molar-refractivity contribution in [3.05, 3.63) is 76.9 Å². The molecule has 134 valence electrons. The van der Waals surface area contributed by atoms with Gasteiger partial charge in [-0.15, -0.1) is 5.10 Å². The number of hydrogen-bond donors (Lipinski definition) is 2. The van der Waals surface area contributed by atoms with Crippen LogP contribution in [0.1, 0.15) is 33.3 Å². The number of anilines is 1. The van der Waals surface area contributed by atoms with Crippen molar-refractivity contribution in [2.45, 2.75) is 26.5 Å². The summed E-state index contributed by atoms with van der Waals surface area (Å²) < 4.78 is 15.0.